The number of aliphatic hydroxyl groups excluding tert-OH is 1. The first kappa shape index (κ1) is 26.6. The van der Waals surface area contributed by atoms with Crippen LogP contribution in [-0.2, 0) is 4.79 Å². The van der Waals surface area contributed by atoms with Crippen molar-refractivity contribution < 1.29 is 15.0 Å². The molecule has 9 atom stereocenters. The Kier molecular flexibility index (Phi) is 5.59. The summed E-state index contributed by atoms with van der Waals surface area (Å²) in [5, 5.41) is 22.3. The fourth-order valence-electron chi connectivity index (χ4n) is 11.5. The summed E-state index contributed by atoms with van der Waals surface area (Å²) in [5.41, 5.74) is 1.08. The smallest absolute Gasteiger partial charge is 0.310 e. The monoisotopic (exact) mass is 522 g/mol. The van der Waals surface area contributed by atoms with E-state index >= 15 is 0 Å². The summed E-state index contributed by atoms with van der Waals surface area (Å²) >= 11 is 0. The molecule has 0 aliphatic heterocycles. The first-order chi connectivity index (χ1) is 17.6. The molecule has 0 amide bonds. The maximum absolute atomic E-state index is 12.9. The van der Waals surface area contributed by atoms with E-state index in [1.807, 2.05) is 12.4 Å². The molecule has 0 bridgehead atoms. The molecular weight excluding hydrogens is 472 g/mol. The van der Waals surface area contributed by atoms with Crippen molar-refractivity contribution in [3.05, 3.63) is 29.9 Å². The molecule has 0 spiro atoms. The van der Waals surface area contributed by atoms with Gasteiger partial charge in [-0.2, -0.15) is 0 Å². The third-order valence-electron chi connectivity index (χ3n) is 13.9. The van der Waals surface area contributed by atoms with Gasteiger partial charge in [-0.3, -0.25) is 4.79 Å². The number of H-pyrrole nitrogens is 1. The molecule has 210 valence electrons. The van der Waals surface area contributed by atoms with E-state index in [0.717, 1.165) is 63.6 Å². The average Bonchev–Trinajstić information content (AvgIpc) is 3.36. The van der Waals surface area contributed by atoms with E-state index in [0.29, 0.717) is 11.8 Å². The van der Waals surface area contributed by atoms with E-state index in [4.69, 9.17) is 0 Å². The van der Waals surface area contributed by atoms with E-state index < -0.39 is 17.5 Å². The molecule has 4 saturated carbocycles. The Labute approximate surface area is 229 Å². The highest BCUT2D eigenvalue weighted by Gasteiger charge is 2.70. The zero-order chi connectivity index (χ0) is 27.5. The first-order valence-corrected chi connectivity index (χ1v) is 15.2. The Bertz CT molecular complexity index is 1150. The number of aromatic nitrogens is 2. The van der Waals surface area contributed by atoms with Crippen molar-refractivity contribution in [2.75, 3.05) is 0 Å². The molecule has 5 heteroatoms. The predicted molar refractivity (Wildman–Crippen MR) is 149 cm³/mol. The highest BCUT2D eigenvalue weighted by molar-refractivity contribution is 5.76. The number of carboxylic acids is 1. The van der Waals surface area contributed by atoms with Gasteiger partial charge in [-0.05, 0) is 103 Å². The van der Waals surface area contributed by atoms with Crippen LogP contribution in [0, 0.1) is 50.2 Å². The second-order valence-electron chi connectivity index (χ2n) is 16.2. The number of rotatable bonds is 2. The normalized spacial score (nSPS) is 49.1. The zero-order valence-corrected chi connectivity index (χ0v) is 24.7. The topological polar surface area (TPSA) is 86.2 Å². The highest BCUT2D eigenvalue weighted by atomic mass is 16.4. The summed E-state index contributed by atoms with van der Waals surface area (Å²) in [6.45, 7) is 16.9. The van der Waals surface area contributed by atoms with Crippen molar-refractivity contribution in [3.8, 4) is 0 Å². The lowest BCUT2D eigenvalue weighted by molar-refractivity contribution is -0.211. The molecule has 3 N–H and O–H groups in total. The van der Waals surface area contributed by atoms with Gasteiger partial charge < -0.3 is 15.2 Å². The summed E-state index contributed by atoms with van der Waals surface area (Å²) in [4.78, 5) is 20.9. The van der Waals surface area contributed by atoms with E-state index in [1.165, 1.54) is 5.57 Å². The highest BCUT2D eigenvalue weighted by Crippen LogP contribution is 2.76. The number of aromatic amines is 1. The van der Waals surface area contributed by atoms with Crippen LogP contribution in [0.3, 0.4) is 0 Å². The molecular formula is C33H50N2O3. The summed E-state index contributed by atoms with van der Waals surface area (Å²) in [6, 6.07) is 0. The van der Waals surface area contributed by atoms with Crippen molar-refractivity contribution in [1.82, 2.24) is 9.97 Å². The summed E-state index contributed by atoms with van der Waals surface area (Å²) in [5.74, 6) is 1.46. The molecule has 5 nitrogen and oxygen atoms in total. The van der Waals surface area contributed by atoms with Crippen LogP contribution in [0.15, 0.2) is 24.0 Å². The van der Waals surface area contributed by atoms with Gasteiger partial charge in [0.2, 0.25) is 0 Å². The number of hydrogen-bond donors (Lipinski definition) is 3. The Morgan fingerprint density at radius 3 is 2.34 bits per heavy atom. The van der Waals surface area contributed by atoms with Gasteiger partial charge in [-0.15, -0.1) is 0 Å². The lowest BCUT2D eigenvalue weighted by Gasteiger charge is -2.71. The van der Waals surface area contributed by atoms with Gasteiger partial charge in [0.25, 0.3) is 0 Å². The maximum Gasteiger partial charge on any atom is 0.310 e. The molecule has 1 aromatic rings. The average molecular weight is 523 g/mol. The quantitative estimate of drug-likeness (QED) is 0.354. The lowest BCUT2D eigenvalue weighted by Crippen LogP contribution is -2.66. The molecule has 1 heterocycles. The lowest BCUT2D eigenvalue weighted by atomic mass is 9.33. The van der Waals surface area contributed by atoms with Crippen LogP contribution < -0.4 is 0 Å². The van der Waals surface area contributed by atoms with Gasteiger partial charge in [0.05, 0.1) is 11.5 Å². The summed E-state index contributed by atoms with van der Waals surface area (Å²) in [6.07, 6.45) is 14.7. The number of nitrogens with zero attached hydrogens (tertiary/aromatic N) is 1. The maximum atomic E-state index is 12.9. The van der Waals surface area contributed by atoms with Gasteiger partial charge in [-0.1, -0.05) is 60.1 Å². The molecule has 0 saturated heterocycles. The molecule has 1 aromatic heterocycles. The van der Waals surface area contributed by atoms with Crippen molar-refractivity contribution in [1.29, 1.82) is 0 Å². The van der Waals surface area contributed by atoms with E-state index in [-0.39, 0.29) is 38.9 Å². The number of fused-ring (bicyclic) bond motifs is 7. The molecule has 5 aliphatic carbocycles. The Balaban J connectivity index is 1.45. The largest absolute Gasteiger partial charge is 0.481 e. The molecule has 5 aliphatic rings. The van der Waals surface area contributed by atoms with Gasteiger partial charge in [0, 0.05) is 18.3 Å². The Hall–Kier alpha value is -1.62. The fourth-order valence-corrected chi connectivity index (χ4v) is 11.5. The van der Waals surface area contributed by atoms with Crippen molar-refractivity contribution >= 4 is 5.97 Å². The fraction of sp³-hybridized carbons (Fsp3) is 0.818. The van der Waals surface area contributed by atoms with Crippen LogP contribution in [0.2, 0.25) is 0 Å². The minimum Gasteiger partial charge on any atom is -0.481 e. The number of hydrogen-bond acceptors (Lipinski definition) is 3. The van der Waals surface area contributed by atoms with E-state index in [1.54, 1.807) is 0 Å². The van der Waals surface area contributed by atoms with Crippen LogP contribution in [0.25, 0.3) is 0 Å². The number of carbonyl (C=O) groups is 1. The van der Waals surface area contributed by atoms with Gasteiger partial charge in [-0.25, -0.2) is 4.98 Å². The number of aliphatic hydroxyl groups is 1. The van der Waals surface area contributed by atoms with Crippen molar-refractivity contribution in [2.45, 2.75) is 118 Å². The van der Waals surface area contributed by atoms with Crippen LogP contribution in [-0.4, -0.2) is 32.3 Å². The van der Waals surface area contributed by atoms with E-state index in [2.05, 4.69) is 64.5 Å². The Morgan fingerprint density at radius 1 is 0.974 bits per heavy atom. The minimum atomic E-state index is -0.591. The van der Waals surface area contributed by atoms with Crippen LogP contribution in [0.4, 0.5) is 0 Å². The number of aliphatic carboxylic acids is 1. The predicted octanol–water partition coefficient (Wildman–Crippen LogP) is 7.35. The minimum absolute atomic E-state index is 0.00643. The molecule has 6 rings (SSSR count). The second-order valence-corrected chi connectivity index (χ2v) is 16.2. The number of nitrogens with one attached hydrogen (secondary N) is 1. The Morgan fingerprint density at radius 2 is 1.68 bits per heavy atom. The standard InChI is InChI=1S/C33H50N2O3/c1-28(2)12-14-33(27(37)38)15-13-31(6)21(22(33)19-28)8-9-24-30(5)18-20(26-34-16-17-35-26)25(36)29(3,4)23(30)10-11-32(24,31)7/h8,16-17,20,22-25,36H,9-15,18-19H2,1-7H3,(H,34,35)(H,37,38)/t20-,22+,23+,24-,25+,30+,31-,32-,33+/m1/s1. The second kappa shape index (κ2) is 7.98. The zero-order valence-electron chi connectivity index (χ0n) is 24.7. The third-order valence-corrected chi connectivity index (χ3v) is 13.9. The number of imidazole rings is 1. The first-order valence-electron chi connectivity index (χ1n) is 15.2. The summed E-state index contributed by atoms with van der Waals surface area (Å²) < 4.78 is 0. The number of allylic oxidation sites excluding steroid dienone is 2. The molecule has 4 fully saturated rings. The van der Waals surface area contributed by atoms with Gasteiger partial charge >= 0.3 is 5.97 Å². The third kappa shape index (κ3) is 3.20. The van der Waals surface area contributed by atoms with E-state index in [9.17, 15) is 15.0 Å². The molecule has 0 radical (unpaired) electrons. The van der Waals surface area contributed by atoms with Gasteiger partial charge in [0.1, 0.15) is 5.82 Å². The molecule has 0 unspecified atom stereocenters. The van der Waals surface area contributed by atoms with Gasteiger partial charge in [0.15, 0.2) is 0 Å². The molecule has 0 aromatic carbocycles. The van der Waals surface area contributed by atoms with Crippen LogP contribution >= 0.6 is 0 Å². The molecule has 38 heavy (non-hydrogen) atoms. The van der Waals surface area contributed by atoms with Crippen molar-refractivity contribution in [3.63, 3.8) is 0 Å². The van der Waals surface area contributed by atoms with Crippen molar-refractivity contribution in [2.24, 2.45) is 50.2 Å². The number of carboxylic acid groups (broad SMARTS) is 1. The summed E-state index contributed by atoms with van der Waals surface area (Å²) in [7, 11) is 0. The SMILES string of the molecule is CC1(C)CC[C@]2(C(=O)O)CC[C@]3(C)C(=CC[C@@H]4[C@@]5(C)C[C@@H](c6ncc[nH]6)[C@H](O)C(C)(C)[C@@H]5CC[C@]43C)[C@@H]2C1. The van der Waals surface area contributed by atoms with Crippen LogP contribution in [0.5, 0.6) is 0 Å². The van der Waals surface area contributed by atoms with Crippen LogP contribution in [0.1, 0.15) is 118 Å².